The minimum atomic E-state index is -0.963. The number of allylic oxidation sites excluding steroid dienone is 2. The van der Waals surface area contributed by atoms with Crippen LogP contribution in [0.2, 0.25) is 0 Å². The van der Waals surface area contributed by atoms with Crippen molar-refractivity contribution >= 4 is 60.5 Å². The minimum Gasteiger partial charge on any atom is -0.550 e. The van der Waals surface area contributed by atoms with E-state index >= 15 is 0 Å². The van der Waals surface area contributed by atoms with Crippen LogP contribution >= 0.6 is 12.6 Å². The number of aliphatic hydroxyl groups is 2. The summed E-state index contributed by atoms with van der Waals surface area (Å²) in [6.07, 6.45) is 22.8. The quantitative estimate of drug-likeness (QED) is 0.0127. The Morgan fingerprint density at radius 2 is 0.780 bits per heavy atom. The second-order valence-corrected chi connectivity index (χ2v) is 37.3. The standard InChI is InChI=1S/C10H14.C8H13N.C7H17N3.C7H17N.C7H16.C6H13NO.C6H15N.2C6H12O2.C5H11NO.C5H13N.2C5H10O2.C5H12O.C4H10O.C4H10S/c1-9(2)8-10-6-4-3-5-7-10;1-7(2)6-8-4-3-5-9-8;1-6(2)4-3-5-10-7(8)9;1-7(2)5-3-4-6-8;1-6(2)5-7(3)4;1-5(2)3-4-6(7)8;1-6(2)4-3-5-7;2*1-5(2)3-4-6(7)8;1-4(2)3-5(6)7;1-5(2)3-4-6;2*1-4(2)3-5(6)7;1-4(2)5(3)6;2*1-4(2)3-5/h3-7,9H,8H2,1-2H3;4-5,7H,3,6H2,1-2H3;6H,3-5H2,1-2H3,(H4,8,9,10);7H,3-6,8H2,1-2H3;6-7H,5H2,1-4H3;5H,3-4H2,1-2H3,(H2,7,8);6H,3-5,7H2,1-2H3;2*5H,3-4H2,1-2H3,(H,7,8);4H,3H2,1-2H3,(H2,6,7);5H,3-4,6H2,1-2H3;2*4H,3H2,1-2H3,(H,6,7);4-6H,1-3H3;2*4-5H,3H2,1-2H3/p-2. The fourth-order valence-electron chi connectivity index (χ4n) is 7.59. The highest BCUT2D eigenvalue weighted by Gasteiger charge is 2.04. The number of rotatable bonds is 37. The number of hydrogen-bond donors (Lipinski definition) is 12. The predicted octanol–water partition coefficient (Wildman–Crippen LogP) is 20.0. The largest absolute Gasteiger partial charge is 0.550 e. The number of primary amides is 2. The lowest BCUT2D eigenvalue weighted by atomic mass is 10.0. The minimum absolute atomic E-state index is 0.148. The molecule has 2 amide bonds. The lowest BCUT2D eigenvalue weighted by molar-refractivity contribution is -0.307. The first-order chi connectivity index (χ1) is 54.1. The number of hydrogen-bond acceptors (Lipinski definition) is 16. The highest BCUT2D eigenvalue weighted by Crippen LogP contribution is 2.16. The molecule has 1 aromatic carbocycles. The molecule has 1 aliphatic heterocycles. The molecule has 1 unspecified atom stereocenters. The van der Waals surface area contributed by atoms with Crippen molar-refractivity contribution in [3.63, 3.8) is 0 Å². The zero-order valence-corrected chi connectivity index (χ0v) is 84.4. The molecule has 0 fully saturated rings. The summed E-state index contributed by atoms with van der Waals surface area (Å²) in [5, 5.41) is 52.5. The van der Waals surface area contributed by atoms with Crippen LogP contribution in [0, 0.1) is 101 Å². The van der Waals surface area contributed by atoms with Crippen LogP contribution in [0.25, 0.3) is 0 Å². The van der Waals surface area contributed by atoms with Crippen molar-refractivity contribution in [2.45, 2.75) is 383 Å². The molecule has 0 saturated carbocycles. The van der Waals surface area contributed by atoms with E-state index in [2.05, 4.69) is 197 Å². The normalized spacial score (nSPS) is 10.8. The Balaban J connectivity index is -0.0000000818. The molecule has 118 heavy (non-hydrogen) atoms. The zero-order valence-electron chi connectivity index (χ0n) is 83.5. The van der Waals surface area contributed by atoms with Gasteiger partial charge in [0.25, 0.3) is 0 Å². The molecule has 0 radical (unpaired) electrons. The number of nitrogens with zero attached hydrogens (tertiary/aromatic N) is 2. The van der Waals surface area contributed by atoms with Crippen LogP contribution in [0.5, 0.6) is 0 Å². The van der Waals surface area contributed by atoms with Gasteiger partial charge in [0.2, 0.25) is 11.8 Å². The average molecular weight is 1710 g/mol. The number of aliphatic imine (C=N–C) groups is 2. The number of aliphatic hydroxyl groups excluding tert-OH is 2. The van der Waals surface area contributed by atoms with Crippen LogP contribution in [0.15, 0.2) is 52.1 Å². The first-order valence-electron chi connectivity index (χ1n) is 44.8. The molecule has 1 heterocycles. The number of amides is 2. The first-order valence-corrected chi connectivity index (χ1v) is 45.4. The maximum atomic E-state index is 10.1. The van der Waals surface area contributed by atoms with E-state index in [1.807, 2.05) is 103 Å². The van der Waals surface area contributed by atoms with Gasteiger partial charge in [-0.3, -0.25) is 29.2 Å². The molecule has 712 valence electrons. The summed E-state index contributed by atoms with van der Waals surface area (Å²) in [7, 11) is 0. The lowest BCUT2D eigenvalue weighted by Crippen LogP contribution is -2.23. The van der Waals surface area contributed by atoms with Gasteiger partial charge in [-0.25, -0.2) is 0 Å². The van der Waals surface area contributed by atoms with Gasteiger partial charge in [0.1, 0.15) is 0 Å². The van der Waals surface area contributed by atoms with Crippen molar-refractivity contribution < 1.29 is 59.4 Å². The molecular weight excluding hydrogens is 1500 g/mol. The summed E-state index contributed by atoms with van der Waals surface area (Å²) in [4.78, 5) is 67.4. The van der Waals surface area contributed by atoms with Gasteiger partial charge in [-0.15, -0.1) is 0 Å². The van der Waals surface area contributed by atoms with Gasteiger partial charge < -0.3 is 80.4 Å². The molecule has 0 bridgehead atoms. The van der Waals surface area contributed by atoms with Gasteiger partial charge in [0, 0.05) is 69.1 Å². The third kappa shape index (κ3) is 233. The Hall–Kier alpha value is -5.13. The van der Waals surface area contributed by atoms with Gasteiger partial charge in [-0.1, -0.05) is 285 Å². The van der Waals surface area contributed by atoms with Crippen LogP contribution in [-0.4, -0.2) is 113 Å². The Morgan fingerprint density at radius 1 is 0.415 bits per heavy atom. The van der Waals surface area contributed by atoms with Gasteiger partial charge >= 0.3 is 11.9 Å². The van der Waals surface area contributed by atoms with E-state index in [-0.39, 0.29) is 55.0 Å². The number of carbonyl (C=O) groups excluding carboxylic acids is 4. The molecule has 0 aliphatic carbocycles. The van der Waals surface area contributed by atoms with Crippen LogP contribution in [0.1, 0.15) is 376 Å². The number of unbranched alkanes of at least 4 members (excludes halogenated alkanes) is 1. The zero-order chi connectivity index (χ0) is 96.0. The van der Waals surface area contributed by atoms with Crippen molar-refractivity contribution in [2.24, 2.45) is 151 Å². The summed E-state index contributed by atoms with van der Waals surface area (Å²) in [5.41, 5.74) is 38.6. The van der Waals surface area contributed by atoms with E-state index in [4.69, 9.17) is 60.6 Å². The number of aliphatic carboxylic acids is 4. The number of thiol groups is 1. The van der Waals surface area contributed by atoms with Gasteiger partial charge in [-0.05, 0) is 228 Å². The third-order valence-corrected chi connectivity index (χ3v) is 15.0. The van der Waals surface area contributed by atoms with E-state index in [1.54, 1.807) is 6.92 Å². The number of carboxylic acids is 4. The van der Waals surface area contributed by atoms with Gasteiger partial charge in [0.15, 0.2) is 5.96 Å². The monoisotopic (exact) mass is 1710 g/mol. The second kappa shape index (κ2) is 110. The fraction of sp³-hybridized carbons (Fsp3) is 0.833. The molecule has 0 aromatic heterocycles. The van der Waals surface area contributed by atoms with Crippen LogP contribution in [0.3, 0.4) is 0 Å². The molecule has 0 spiro atoms. The summed E-state index contributed by atoms with van der Waals surface area (Å²) >= 11 is 4.02. The fourth-order valence-corrected chi connectivity index (χ4v) is 7.59. The number of carboxylic acid groups (broad SMARTS) is 4. The molecule has 2 rings (SSSR count). The van der Waals surface area contributed by atoms with E-state index < -0.39 is 23.9 Å². The van der Waals surface area contributed by atoms with Crippen molar-refractivity contribution in [3.8, 4) is 0 Å². The Bertz CT molecular complexity index is 2170. The van der Waals surface area contributed by atoms with Crippen molar-refractivity contribution in [3.05, 3.63) is 47.7 Å². The molecular formula is C96H203N9O12S-2. The number of benzene rings is 1. The Morgan fingerprint density at radius 3 is 0.949 bits per heavy atom. The van der Waals surface area contributed by atoms with Gasteiger partial charge in [0.05, 0.1) is 6.10 Å². The lowest BCUT2D eigenvalue weighted by Gasteiger charge is -2.05. The van der Waals surface area contributed by atoms with Crippen molar-refractivity contribution in [1.29, 1.82) is 0 Å². The van der Waals surface area contributed by atoms with Crippen LogP contribution < -0.4 is 50.3 Å². The Labute approximate surface area is 736 Å². The van der Waals surface area contributed by atoms with Crippen molar-refractivity contribution in [1.82, 2.24) is 0 Å². The molecule has 1 aromatic rings. The van der Waals surface area contributed by atoms with Crippen LogP contribution in [0.4, 0.5) is 0 Å². The number of carbonyl (C=O) groups is 6. The average Bonchev–Trinajstić information content (AvgIpc) is 1.51. The molecule has 1 atom stereocenters. The second-order valence-electron chi connectivity index (χ2n) is 37.0. The first kappa shape index (κ1) is 145. The summed E-state index contributed by atoms with van der Waals surface area (Å²) < 4.78 is 0. The molecule has 22 heteroatoms. The SMILES string of the molecule is CC(C)C(C)O.CC(C)CC(=O)O.CC(C)CC(=O)[O-].CC(C)CC(C)C.CC(C)CC(N)=O.CC(C)CC1=CCC=N1.CC(C)CCC(=O)O.CC(C)CCC(=O)[O-].CC(C)CCC(N)=O.CC(C)CCCCN.CC(C)CCCN.CC(C)CCCN=C(N)N.CC(C)CCN.CC(C)CO.CC(C)CS.CC(C)Cc1ccccc1. The number of nitrogens with two attached hydrogens (primary N) is 7. The van der Waals surface area contributed by atoms with Gasteiger partial charge in [-0.2, -0.15) is 12.6 Å². The third-order valence-electron chi connectivity index (χ3n) is 14.3. The summed E-state index contributed by atoms with van der Waals surface area (Å²) in [6.45, 7) is 76.8. The molecule has 21 nitrogen and oxygen atoms in total. The van der Waals surface area contributed by atoms with E-state index in [1.165, 1.54) is 62.6 Å². The Kier molecular flexibility index (Phi) is 135. The van der Waals surface area contributed by atoms with Crippen molar-refractivity contribution in [2.75, 3.05) is 38.5 Å². The predicted molar refractivity (Wildman–Crippen MR) is 515 cm³/mol. The number of guanidine groups is 1. The highest BCUT2D eigenvalue weighted by atomic mass is 32.1. The van der Waals surface area contributed by atoms with E-state index in [0.29, 0.717) is 61.4 Å². The highest BCUT2D eigenvalue weighted by molar-refractivity contribution is 7.80. The smallest absolute Gasteiger partial charge is 0.303 e. The molecule has 1 aliphatic rings. The van der Waals surface area contributed by atoms with Crippen LogP contribution in [-0.2, 0) is 35.2 Å². The topological polar surface area (TPSA) is 436 Å². The maximum absolute atomic E-state index is 10.1. The molecule has 18 N–H and O–H groups in total. The van der Waals surface area contributed by atoms with E-state index in [9.17, 15) is 39.0 Å². The molecule has 0 saturated heterocycles. The summed E-state index contributed by atoms with van der Waals surface area (Å²) in [5.74, 6) is 7.96. The van der Waals surface area contributed by atoms with E-state index in [0.717, 1.165) is 130 Å². The maximum Gasteiger partial charge on any atom is 0.303 e. The summed E-state index contributed by atoms with van der Waals surface area (Å²) in [6, 6.07) is 10.6.